The van der Waals surface area contributed by atoms with Crippen molar-refractivity contribution in [3.05, 3.63) is 30.3 Å². The molecule has 1 aromatic carbocycles. The number of anilines is 1. The van der Waals surface area contributed by atoms with E-state index in [2.05, 4.69) is 34.5 Å². The fourth-order valence-corrected chi connectivity index (χ4v) is 2.91. The second-order valence-electron chi connectivity index (χ2n) is 5.54. The van der Waals surface area contributed by atoms with Crippen LogP contribution >= 0.6 is 0 Å². The maximum absolute atomic E-state index is 12.3. The van der Waals surface area contributed by atoms with E-state index in [0.717, 1.165) is 19.6 Å². The van der Waals surface area contributed by atoms with Crippen LogP contribution in [0.1, 0.15) is 6.42 Å². The molecule has 0 aliphatic carbocycles. The maximum Gasteiger partial charge on any atom is 0.224 e. The van der Waals surface area contributed by atoms with E-state index < -0.39 is 0 Å². The zero-order valence-electron chi connectivity index (χ0n) is 12.3. The second-order valence-corrected chi connectivity index (χ2v) is 5.54. The fraction of sp³-hybridized carbons (Fsp3) is 0.562. The molecule has 1 radical (unpaired) electrons. The quantitative estimate of drug-likeness (QED) is 0.824. The summed E-state index contributed by atoms with van der Waals surface area (Å²) in [4.78, 5) is 16.5. The first-order valence-corrected chi connectivity index (χ1v) is 7.65. The lowest BCUT2D eigenvalue weighted by molar-refractivity contribution is -0.135. The SMILES string of the molecule is O=C(CC1CN(c2ccccc2)CC[N]1)N1CCOCC1. The largest absolute Gasteiger partial charge is 0.378 e. The van der Waals surface area contributed by atoms with E-state index in [4.69, 9.17) is 4.74 Å². The molecular formula is C16H22N3O2. The van der Waals surface area contributed by atoms with Gasteiger partial charge in [-0.1, -0.05) is 18.2 Å². The third kappa shape index (κ3) is 3.74. The van der Waals surface area contributed by atoms with E-state index >= 15 is 0 Å². The highest BCUT2D eigenvalue weighted by Crippen LogP contribution is 2.17. The normalized spacial score (nSPS) is 23.1. The van der Waals surface area contributed by atoms with Crippen LogP contribution in [0.4, 0.5) is 5.69 Å². The van der Waals surface area contributed by atoms with Crippen molar-refractivity contribution in [2.45, 2.75) is 12.5 Å². The van der Waals surface area contributed by atoms with Gasteiger partial charge in [0.15, 0.2) is 0 Å². The van der Waals surface area contributed by atoms with Gasteiger partial charge >= 0.3 is 0 Å². The van der Waals surface area contributed by atoms with Gasteiger partial charge in [0.25, 0.3) is 0 Å². The minimum absolute atomic E-state index is 0.106. The highest BCUT2D eigenvalue weighted by atomic mass is 16.5. The van der Waals surface area contributed by atoms with Crippen molar-refractivity contribution in [3.8, 4) is 0 Å². The number of ether oxygens (including phenoxy) is 1. The topological polar surface area (TPSA) is 46.9 Å². The molecule has 0 saturated carbocycles. The minimum Gasteiger partial charge on any atom is -0.378 e. The Morgan fingerprint density at radius 3 is 2.71 bits per heavy atom. The van der Waals surface area contributed by atoms with Crippen molar-refractivity contribution < 1.29 is 9.53 Å². The predicted molar refractivity (Wildman–Crippen MR) is 81.5 cm³/mol. The Morgan fingerprint density at radius 1 is 1.19 bits per heavy atom. The Balaban J connectivity index is 1.55. The molecule has 1 unspecified atom stereocenters. The Morgan fingerprint density at radius 2 is 1.95 bits per heavy atom. The van der Waals surface area contributed by atoms with Crippen LogP contribution in [0.15, 0.2) is 30.3 Å². The summed E-state index contributed by atoms with van der Waals surface area (Å²) in [6.45, 7) is 5.32. The summed E-state index contributed by atoms with van der Waals surface area (Å²) in [6.07, 6.45) is 0.517. The van der Waals surface area contributed by atoms with E-state index in [1.54, 1.807) is 0 Å². The average molecular weight is 288 g/mol. The Hall–Kier alpha value is -1.59. The molecule has 1 amide bonds. The number of carbonyl (C=O) groups is 1. The maximum atomic E-state index is 12.3. The lowest BCUT2D eigenvalue weighted by atomic mass is 10.1. The summed E-state index contributed by atoms with van der Waals surface area (Å²) in [7, 11) is 0. The number of nitrogens with zero attached hydrogens (tertiary/aromatic N) is 3. The highest BCUT2D eigenvalue weighted by Gasteiger charge is 2.26. The standard InChI is InChI=1S/C16H22N3O2/c20-16(18-8-10-21-11-9-18)12-14-13-19(7-6-17-14)15-4-2-1-3-5-15/h1-5,14H,6-13H2. The first-order valence-electron chi connectivity index (χ1n) is 7.65. The lowest BCUT2D eigenvalue weighted by Crippen LogP contribution is -2.50. The van der Waals surface area contributed by atoms with E-state index in [1.807, 2.05) is 11.0 Å². The molecular weight excluding hydrogens is 266 g/mol. The van der Waals surface area contributed by atoms with Crippen LogP contribution in [0, 0.1) is 0 Å². The monoisotopic (exact) mass is 288 g/mol. The summed E-state index contributed by atoms with van der Waals surface area (Å²) in [5.74, 6) is 0.210. The van der Waals surface area contributed by atoms with Gasteiger partial charge in [0.2, 0.25) is 5.91 Å². The fourth-order valence-electron chi connectivity index (χ4n) is 2.91. The van der Waals surface area contributed by atoms with Crippen LogP contribution < -0.4 is 10.2 Å². The van der Waals surface area contributed by atoms with Gasteiger partial charge in [-0.2, -0.15) is 0 Å². The molecule has 2 aliphatic rings. The number of piperazine rings is 1. The Bertz CT molecular complexity index is 460. The van der Waals surface area contributed by atoms with Crippen molar-refractivity contribution in [1.29, 1.82) is 0 Å². The third-order valence-electron chi connectivity index (χ3n) is 4.08. The smallest absolute Gasteiger partial charge is 0.224 e. The molecule has 113 valence electrons. The van der Waals surface area contributed by atoms with Crippen LogP contribution in [0.3, 0.4) is 0 Å². The molecule has 3 rings (SSSR count). The van der Waals surface area contributed by atoms with E-state index in [1.165, 1.54) is 5.69 Å². The number of carbonyl (C=O) groups excluding carboxylic acids is 1. The number of benzene rings is 1. The third-order valence-corrected chi connectivity index (χ3v) is 4.08. The number of para-hydroxylation sites is 1. The van der Waals surface area contributed by atoms with Gasteiger partial charge in [-0.25, -0.2) is 5.32 Å². The van der Waals surface area contributed by atoms with Gasteiger partial charge in [-0.15, -0.1) is 0 Å². The molecule has 5 heteroatoms. The number of rotatable bonds is 3. The van der Waals surface area contributed by atoms with Gasteiger partial charge in [-0.3, -0.25) is 4.79 Å². The van der Waals surface area contributed by atoms with E-state index in [9.17, 15) is 4.79 Å². The van der Waals surface area contributed by atoms with E-state index in [-0.39, 0.29) is 11.9 Å². The Kier molecular flexibility index (Phi) is 4.72. The van der Waals surface area contributed by atoms with Gasteiger partial charge in [0.05, 0.1) is 19.3 Å². The summed E-state index contributed by atoms with van der Waals surface area (Å²) in [5, 5.41) is 4.62. The average Bonchev–Trinajstić information content (AvgIpc) is 2.57. The first kappa shape index (κ1) is 14.4. The van der Waals surface area contributed by atoms with E-state index in [0.29, 0.717) is 32.7 Å². The van der Waals surface area contributed by atoms with Crippen LogP contribution in [0.2, 0.25) is 0 Å². The van der Waals surface area contributed by atoms with Crippen molar-refractivity contribution in [2.75, 3.05) is 50.8 Å². The highest BCUT2D eigenvalue weighted by molar-refractivity contribution is 5.77. The van der Waals surface area contributed by atoms with Crippen LogP contribution in [-0.2, 0) is 9.53 Å². The van der Waals surface area contributed by atoms with Crippen molar-refractivity contribution in [2.24, 2.45) is 0 Å². The predicted octanol–water partition coefficient (Wildman–Crippen LogP) is 0.728. The van der Waals surface area contributed by atoms with Gasteiger partial charge < -0.3 is 14.5 Å². The molecule has 1 atom stereocenters. The molecule has 21 heavy (non-hydrogen) atoms. The lowest BCUT2D eigenvalue weighted by Gasteiger charge is -2.35. The van der Waals surface area contributed by atoms with Gasteiger partial charge in [-0.05, 0) is 12.1 Å². The summed E-state index contributed by atoms with van der Waals surface area (Å²) < 4.78 is 5.29. The van der Waals surface area contributed by atoms with Crippen molar-refractivity contribution >= 4 is 11.6 Å². The van der Waals surface area contributed by atoms with Gasteiger partial charge in [0, 0.05) is 44.8 Å². The second kappa shape index (κ2) is 6.91. The zero-order valence-corrected chi connectivity index (χ0v) is 12.3. The minimum atomic E-state index is 0.106. The van der Waals surface area contributed by atoms with Crippen LogP contribution in [0.25, 0.3) is 0 Å². The number of amides is 1. The summed E-state index contributed by atoms with van der Waals surface area (Å²) in [6, 6.07) is 10.5. The molecule has 0 bridgehead atoms. The zero-order chi connectivity index (χ0) is 14.5. The molecule has 5 nitrogen and oxygen atoms in total. The van der Waals surface area contributed by atoms with Gasteiger partial charge in [0.1, 0.15) is 0 Å². The molecule has 1 aromatic rings. The molecule has 2 fully saturated rings. The number of hydrogen-bond acceptors (Lipinski definition) is 3. The van der Waals surface area contributed by atoms with Crippen molar-refractivity contribution in [3.63, 3.8) is 0 Å². The van der Waals surface area contributed by atoms with Crippen LogP contribution in [0.5, 0.6) is 0 Å². The first-order chi connectivity index (χ1) is 10.3. The molecule has 2 heterocycles. The summed E-state index contributed by atoms with van der Waals surface area (Å²) in [5.41, 5.74) is 1.22. The number of morpholine rings is 1. The molecule has 0 N–H and O–H groups in total. The number of hydrogen-bond donors (Lipinski definition) is 0. The molecule has 0 spiro atoms. The van der Waals surface area contributed by atoms with Crippen LogP contribution in [-0.4, -0.2) is 62.8 Å². The molecule has 0 aromatic heterocycles. The molecule has 2 aliphatic heterocycles. The molecule has 2 saturated heterocycles. The summed E-state index contributed by atoms with van der Waals surface area (Å²) >= 11 is 0. The van der Waals surface area contributed by atoms with Crippen molar-refractivity contribution in [1.82, 2.24) is 10.2 Å². The Labute approximate surface area is 125 Å².